The molecule has 156 valence electrons. The van der Waals surface area contributed by atoms with Gasteiger partial charge in [0.05, 0.1) is 17.2 Å². The number of nitrogens with zero attached hydrogens (tertiary/aromatic N) is 2. The Morgan fingerprint density at radius 1 is 1.25 bits per heavy atom. The Morgan fingerprint density at radius 2 is 2.00 bits per heavy atom. The molecule has 0 bridgehead atoms. The largest absolute Gasteiger partial charge is 0.434 e. The zero-order valence-electron chi connectivity index (χ0n) is 16.5. The molecule has 0 radical (unpaired) electrons. The summed E-state index contributed by atoms with van der Waals surface area (Å²) in [5.41, 5.74) is 2.66. The summed E-state index contributed by atoms with van der Waals surface area (Å²) in [4.78, 5) is 10.2. The second-order valence-electron chi connectivity index (χ2n) is 6.10. The number of rotatable bonds is 8. The third-order valence-electron chi connectivity index (χ3n) is 3.83. The fourth-order valence-corrected chi connectivity index (χ4v) is 3.59. The van der Waals surface area contributed by atoms with E-state index in [1.165, 1.54) is 4.88 Å². The Balaban J connectivity index is 0.00000392. The molecule has 0 aliphatic carbocycles. The van der Waals surface area contributed by atoms with E-state index in [0.29, 0.717) is 24.6 Å². The smallest absolute Gasteiger partial charge is 0.387 e. The van der Waals surface area contributed by atoms with Crippen molar-refractivity contribution < 1.29 is 13.5 Å². The van der Waals surface area contributed by atoms with Gasteiger partial charge < -0.3 is 15.4 Å². The van der Waals surface area contributed by atoms with Crippen LogP contribution in [0, 0.1) is 20.8 Å². The predicted molar refractivity (Wildman–Crippen MR) is 121 cm³/mol. The number of alkyl halides is 2. The molecule has 28 heavy (non-hydrogen) atoms. The van der Waals surface area contributed by atoms with Crippen molar-refractivity contribution in [1.29, 1.82) is 0 Å². The summed E-state index contributed by atoms with van der Waals surface area (Å²) >= 11 is 1.70. The number of hydrogen-bond donors (Lipinski definition) is 2. The molecule has 1 heterocycles. The van der Waals surface area contributed by atoms with Crippen LogP contribution in [0.3, 0.4) is 0 Å². The zero-order valence-corrected chi connectivity index (χ0v) is 19.7. The van der Waals surface area contributed by atoms with Crippen LogP contribution in [0.1, 0.15) is 33.6 Å². The van der Waals surface area contributed by atoms with Crippen molar-refractivity contribution in [3.05, 3.63) is 44.9 Å². The molecular formula is C19H27F2IN4OS. The fourth-order valence-electron chi connectivity index (χ4n) is 2.65. The maximum Gasteiger partial charge on any atom is 0.387 e. The van der Waals surface area contributed by atoms with Crippen molar-refractivity contribution in [2.75, 3.05) is 13.1 Å². The molecule has 0 fully saturated rings. The maximum atomic E-state index is 12.6. The maximum absolute atomic E-state index is 12.6. The van der Waals surface area contributed by atoms with E-state index in [1.54, 1.807) is 23.5 Å². The average Bonchev–Trinajstić information content (AvgIpc) is 2.92. The molecule has 1 aromatic carbocycles. The molecule has 5 nitrogen and oxygen atoms in total. The molecule has 2 aromatic rings. The molecule has 0 unspecified atom stereocenters. The second kappa shape index (κ2) is 12.2. The van der Waals surface area contributed by atoms with Crippen LogP contribution in [-0.2, 0) is 13.0 Å². The van der Waals surface area contributed by atoms with Crippen molar-refractivity contribution in [1.82, 2.24) is 15.6 Å². The number of guanidine groups is 1. The van der Waals surface area contributed by atoms with E-state index >= 15 is 0 Å². The molecule has 0 aliphatic rings. The SMILES string of the molecule is CCNC(=NCc1cc(C)ccc1OC(F)F)NCCc1sc(C)nc1C.I. The van der Waals surface area contributed by atoms with E-state index < -0.39 is 6.61 Å². The topological polar surface area (TPSA) is 58.5 Å². The standard InChI is InChI=1S/C19H26F2N4OS.HI/c1-5-22-19(23-9-8-17-13(3)25-14(4)27-17)24-11-15-10-12(2)6-7-16(15)26-18(20)21;/h6-7,10,18H,5,8-9,11H2,1-4H3,(H2,22,23,24);1H. The summed E-state index contributed by atoms with van der Waals surface area (Å²) in [6.45, 7) is 6.71. The van der Waals surface area contributed by atoms with Crippen LogP contribution in [0.25, 0.3) is 0 Å². The van der Waals surface area contributed by atoms with Gasteiger partial charge in [0.1, 0.15) is 5.75 Å². The Bertz CT molecular complexity index is 783. The minimum atomic E-state index is -2.85. The van der Waals surface area contributed by atoms with Gasteiger partial charge in [-0.1, -0.05) is 17.7 Å². The van der Waals surface area contributed by atoms with Gasteiger partial charge in [-0.2, -0.15) is 8.78 Å². The minimum absolute atomic E-state index is 0. The highest BCUT2D eigenvalue weighted by molar-refractivity contribution is 14.0. The van der Waals surface area contributed by atoms with Gasteiger partial charge in [-0.15, -0.1) is 35.3 Å². The summed E-state index contributed by atoms with van der Waals surface area (Å²) in [6.07, 6.45) is 0.853. The molecule has 0 spiro atoms. The van der Waals surface area contributed by atoms with Crippen LogP contribution in [0.4, 0.5) is 8.78 Å². The van der Waals surface area contributed by atoms with Gasteiger partial charge in [0.25, 0.3) is 0 Å². The first-order valence-electron chi connectivity index (χ1n) is 8.88. The molecule has 2 N–H and O–H groups in total. The first kappa shape index (κ1) is 24.5. The fraction of sp³-hybridized carbons (Fsp3) is 0.474. The normalized spacial score (nSPS) is 11.3. The monoisotopic (exact) mass is 524 g/mol. The van der Waals surface area contributed by atoms with E-state index in [2.05, 4.69) is 25.3 Å². The lowest BCUT2D eigenvalue weighted by Crippen LogP contribution is -2.38. The quantitative estimate of drug-likeness (QED) is 0.302. The second-order valence-corrected chi connectivity index (χ2v) is 7.39. The number of aryl methyl sites for hydroxylation is 3. The third-order valence-corrected chi connectivity index (χ3v) is 4.96. The minimum Gasteiger partial charge on any atom is -0.434 e. The van der Waals surface area contributed by atoms with Crippen LogP contribution in [0.2, 0.25) is 0 Å². The highest BCUT2D eigenvalue weighted by Gasteiger charge is 2.10. The number of aliphatic imine (C=N–C) groups is 1. The lowest BCUT2D eigenvalue weighted by Gasteiger charge is -2.13. The van der Waals surface area contributed by atoms with Crippen molar-refractivity contribution in [2.45, 2.75) is 47.3 Å². The van der Waals surface area contributed by atoms with Gasteiger partial charge in [0.2, 0.25) is 0 Å². The molecular weight excluding hydrogens is 497 g/mol. The van der Waals surface area contributed by atoms with E-state index in [9.17, 15) is 8.78 Å². The first-order valence-corrected chi connectivity index (χ1v) is 9.70. The van der Waals surface area contributed by atoms with E-state index in [4.69, 9.17) is 0 Å². The molecule has 0 saturated carbocycles. The highest BCUT2D eigenvalue weighted by atomic mass is 127. The van der Waals surface area contributed by atoms with Crippen LogP contribution >= 0.6 is 35.3 Å². The Kier molecular flexibility index (Phi) is 10.7. The van der Waals surface area contributed by atoms with Gasteiger partial charge in [0.15, 0.2) is 5.96 Å². The van der Waals surface area contributed by atoms with Gasteiger partial charge in [-0.25, -0.2) is 9.98 Å². The van der Waals surface area contributed by atoms with Gasteiger partial charge in [0, 0.05) is 30.0 Å². The van der Waals surface area contributed by atoms with Crippen molar-refractivity contribution >= 4 is 41.3 Å². The van der Waals surface area contributed by atoms with Crippen LogP contribution < -0.4 is 15.4 Å². The Labute approximate surface area is 186 Å². The first-order chi connectivity index (χ1) is 12.9. The summed E-state index contributed by atoms with van der Waals surface area (Å²) in [5.74, 6) is 0.798. The molecule has 0 aliphatic heterocycles. The van der Waals surface area contributed by atoms with Gasteiger partial charge in [-0.3, -0.25) is 0 Å². The summed E-state index contributed by atoms with van der Waals surface area (Å²) in [5, 5.41) is 7.52. The van der Waals surface area contributed by atoms with E-state index in [-0.39, 0.29) is 36.3 Å². The number of halogens is 3. The number of ether oxygens (including phenoxy) is 1. The van der Waals surface area contributed by atoms with Gasteiger partial charge in [-0.05, 0) is 33.8 Å². The average molecular weight is 524 g/mol. The lowest BCUT2D eigenvalue weighted by atomic mass is 10.1. The Morgan fingerprint density at radius 3 is 2.61 bits per heavy atom. The molecule has 2 rings (SSSR count). The van der Waals surface area contributed by atoms with Crippen LogP contribution in [0.15, 0.2) is 23.2 Å². The molecule has 1 aromatic heterocycles. The summed E-state index contributed by atoms with van der Waals surface area (Å²) in [7, 11) is 0. The summed E-state index contributed by atoms with van der Waals surface area (Å²) < 4.78 is 29.8. The summed E-state index contributed by atoms with van der Waals surface area (Å²) in [6, 6.07) is 5.11. The number of thiazole rings is 1. The Hall–Kier alpha value is -1.49. The van der Waals surface area contributed by atoms with E-state index in [0.717, 1.165) is 22.7 Å². The molecule has 9 heteroatoms. The molecule has 0 saturated heterocycles. The van der Waals surface area contributed by atoms with Gasteiger partial charge >= 0.3 is 6.61 Å². The van der Waals surface area contributed by atoms with Crippen LogP contribution in [-0.4, -0.2) is 30.6 Å². The van der Waals surface area contributed by atoms with Crippen molar-refractivity contribution in [3.63, 3.8) is 0 Å². The van der Waals surface area contributed by atoms with Crippen LogP contribution in [0.5, 0.6) is 5.75 Å². The van der Waals surface area contributed by atoms with Crippen molar-refractivity contribution in [3.8, 4) is 5.75 Å². The number of aromatic nitrogens is 1. The molecule has 0 atom stereocenters. The lowest BCUT2D eigenvalue weighted by molar-refractivity contribution is -0.0504. The predicted octanol–water partition coefficient (Wildman–Crippen LogP) is 4.59. The van der Waals surface area contributed by atoms with Crippen molar-refractivity contribution in [2.24, 2.45) is 4.99 Å². The number of hydrogen-bond acceptors (Lipinski definition) is 4. The van der Waals surface area contributed by atoms with E-state index in [1.807, 2.05) is 33.8 Å². The number of nitrogens with one attached hydrogen (secondary N) is 2. The number of benzene rings is 1. The third kappa shape index (κ3) is 7.86. The zero-order chi connectivity index (χ0) is 19.8. The molecule has 0 amide bonds. The highest BCUT2D eigenvalue weighted by Crippen LogP contribution is 2.23.